The predicted molar refractivity (Wildman–Crippen MR) is 83.4 cm³/mol. The zero-order valence-electron chi connectivity index (χ0n) is 14.6. The van der Waals surface area contributed by atoms with E-state index in [0.29, 0.717) is 6.42 Å². The summed E-state index contributed by atoms with van der Waals surface area (Å²) in [5, 5.41) is 4.69. The first-order valence-corrected chi connectivity index (χ1v) is 7.80. The van der Waals surface area contributed by atoms with Gasteiger partial charge in [0.1, 0.15) is 11.5 Å². The SMILES string of the molecule is CC(C)C[C@H](NC(=O)OC(C)(C)C)C(=O)[C@@H]1C(=O)NC(=O)[C@H]1C. The van der Waals surface area contributed by atoms with E-state index in [1.807, 2.05) is 13.8 Å². The average molecular weight is 326 g/mol. The van der Waals surface area contributed by atoms with E-state index in [2.05, 4.69) is 10.6 Å². The van der Waals surface area contributed by atoms with Gasteiger partial charge in [-0.1, -0.05) is 20.8 Å². The fourth-order valence-electron chi connectivity index (χ4n) is 2.45. The molecule has 2 N–H and O–H groups in total. The molecule has 1 rings (SSSR count). The highest BCUT2D eigenvalue weighted by Crippen LogP contribution is 2.23. The lowest BCUT2D eigenvalue weighted by Gasteiger charge is -2.25. The molecule has 0 spiro atoms. The number of alkyl carbamates (subject to hydrolysis) is 1. The number of hydrogen-bond acceptors (Lipinski definition) is 5. The number of ether oxygens (including phenoxy) is 1. The van der Waals surface area contributed by atoms with Crippen LogP contribution in [-0.2, 0) is 19.1 Å². The number of carbonyl (C=O) groups excluding carboxylic acids is 4. The monoisotopic (exact) mass is 326 g/mol. The van der Waals surface area contributed by atoms with Crippen LogP contribution in [0.2, 0.25) is 0 Å². The third kappa shape index (κ3) is 5.33. The molecule has 0 aliphatic carbocycles. The van der Waals surface area contributed by atoms with E-state index in [4.69, 9.17) is 4.74 Å². The second kappa shape index (κ2) is 7.10. The highest BCUT2D eigenvalue weighted by Gasteiger charge is 2.45. The molecular weight excluding hydrogens is 300 g/mol. The summed E-state index contributed by atoms with van der Waals surface area (Å²) in [6.45, 7) is 10.5. The van der Waals surface area contributed by atoms with Gasteiger partial charge in [-0.2, -0.15) is 0 Å². The number of imide groups is 1. The molecule has 130 valence electrons. The molecule has 0 aromatic carbocycles. The van der Waals surface area contributed by atoms with Gasteiger partial charge in [0.15, 0.2) is 5.78 Å². The minimum absolute atomic E-state index is 0.120. The first-order valence-electron chi connectivity index (χ1n) is 7.80. The third-order valence-corrected chi connectivity index (χ3v) is 3.49. The van der Waals surface area contributed by atoms with Crippen LogP contribution < -0.4 is 10.6 Å². The van der Waals surface area contributed by atoms with Crippen LogP contribution in [0.5, 0.6) is 0 Å². The standard InChI is InChI=1S/C16H26N2O5/c1-8(2)7-10(17-15(22)23-16(4,5)6)12(19)11-9(3)13(20)18-14(11)21/h8-11H,7H2,1-6H3,(H,17,22)(H,18,20,21)/t9-,10-,11+/m0/s1. The molecule has 1 aliphatic heterocycles. The van der Waals surface area contributed by atoms with Gasteiger partial charge in [-0.3, -0.25) is 19.7 Å². The van der Waals surface area contributed by atoms with Gasteiger partial charge in [-0.15, -0.1) is 0 Å². The summed E-state index contributed by atoms with van der Waals surface area (Å²) < 4.78 is 5.17. The Balaban J connectivity index is 2.89. The van der Waals surface area contributed by atoms with E-state index in [1.54, 1.807) is 20.8 Å². The summed E-state index contributed by atoms with van der Waals surface area (Å²) in [6.07, 6.45) is -0.350. The summed E-state index contributed by atoms with van der Waals surface area (Å²) in [7, 11) is 0. The van der Waals surface area contributed by atoms with Crippen LogP contribution in [0.1, 0.15) is 48.0 Å². The van der Waals surface area contributed by atoms with Crippen molar-refractivity contribution in [3.8, 4) is 0 Å². The van der Waals surface area contributed by atoms with Gasteiger partial charge in [0, 0.05) is 0 Å². The maximum Gasteiger partial charge on any atom is 0.408 e. The second-order valence-electron chi connectivity index (χ2n) is 7.35. The highest BCUT2D eigenvalue weighted by atomic mass is 16.6. The molecule has 3 amide bonds. The number of ketones is 1. The lowest BCUT2D eigenvalue weighted by Crippen LogP contribution is -2.48. The van der Waals surface area contributed by atoms with Crippen LogP contribution in [0.4, 0.5) is 4.79 Å². The van der Waals surface area contributed by atoms with Crippen molar-refractivity contribution in [2.75, 3.05) is 0 Å². The third-order valence-electron chi connectivity index (χ3n) is 3.49. The van der Waals surface area contributed by atoms with Crippen LogP contribution >= 0.6 is 0 Å². The van der Waals surface area contributed by atoms with Gasteiger partial charge in [0.25, 0.3) is 0 Å². The van der Waals surface area contributed by atoms with Gasteiger partial charge in [0.2, 0.25) is 11.8 Å². The highest BCUT2D eigenvalue weighted by molar-refractivity contribution is 6.16. The van der Waals surface area contributed by atoms with Crippen molar-refractivity contribution in [2.24, 2.45) is 17.8 Å². The largest absolute Gasteiger partial charge is 0.444 e. The van der Waals surface area contributed by atoms with E-state index in [-0.39, 0.29) is 5.92 Å². The van der Waals surface area contributed by atoms with E-state index < -0.39 is 47.2 Å². The first-order chi connectivity index (χ1) is 10.4. The maximum atomic E-state index is 12.7. The molecular formula is C16H26N2O5. The van der Waals surface area contributed by atoms with Gasteiger partial charge in [0.05, 0.1) is 12.0 Å². The molecule has 0 bridgehead atoms. The minimum Gasteiger partial charge on any atom is -0.444 e. The zero-order chi connectivity index (χ0) is 17.9. The normalized spacial score (nSPS) is 22.7. The lowest BCUT2D eigenvalue weighted by atomic mass is 9.86. The number of amides is 3. The van der Waals surface area contributed by atoms with Gasteiger partial charge in [-0.25, -0.2) is 4.79 Å². The molecule has 3 atom stereocenters. The molecule has 0 radical (unpaired) electrons. The molecule has 23 heavy (non-hydrogen) atoms. The molecule has 7 heteroatoms. The van der Waals surface area contributed by atoms with Gasteiger partial charge < -0.3 is 10.1 Å². The van der Waals surface area contributed by atoms with Gasteiger partial charge in [-0.05, 0) is 33.1 Å². The van der Waals surface area contributed by atoms with Crippen molar-refractivity contribution in [1.29, 1.82) is 0 Å². The molecule has 1 fully saturated rings. The Hall–Kier alpha value is -1.92. The topological polar surface area (TPSA) is 102 Å². The number of hydrogen-bond donors (Lipinski definition) is 2. The van der Waals surface area contributed by atoms with Crippen LogP contribution in [-0.4, -0.2) is 35.3 Å². The van der Waals surface area contributed by atoms with Crippen molar-refractivity contribution in [3.63, 3.8) is 0 Å². The van der Waals surface area contributed by atoms with Crippen LogP contribution in [0.3, 0.4) is 0 Å². The molecule has 0 aromatic heterocycles. The van der Waals surface area contributed by atoms with Crippen LogP contribution in [0, 0.1) is 17.8 Å². The minimum atomic E-state index is -1.07. The first kappa shape index (κ1) is 19.1. The Morgan fingerprint density at radius 1 is 1.22 bits per heavy atom. The molecule has 7 nitrogen and oxygen atoms in total. The molecule has 1 aliphatic rings. The molecule has 0 aromatic rings. The molecule has 1 saturated heterocycles. The van der Waals surface area contributed by atoms with Crippen molar-refractivity contribution < 1.29 is 23.9 Å². The summed E-state index contributed by atoms with van der Waals surface area (Å²) in [5.74, 6) is -3.21. The summed E-state index contributed by atoms with van der Waals surface area (Å²) in [5.41, 5.74) is -0.691. The Morgan fingerprint density at radius 3 is 2.17 bits per heavy atom. The number of carbonyl (C=O) groups is 4. The van der Waals surface area contributed by atoms with Crippen LogP contribution in [0.25, 0.3) is 0 Å². The lowest BCUT2D eigenvalue weighted by molar-refractivity contribution is -0.134. The van der Waals surface area contributed by atoms with E-state index in [0.717, 1.165) is 0 Å². The van der Waals surface area contributed by atoms with E-state index in [1.165, 1.54) is 6.92 Å². The predicted octanol–water partition coefficient (Wildman–Crippen LogP) is 1.40. The fraction of sp³-hybridized carbons (Fsp3) is 0.750. The Labute approximate surface area is 136 Å². The van der Waals surface area contributed by atoms with E-state index in [9.17, 15) is 19.2 Å². The second-order valence-corrected chi connectivity index (χ2v) is 7.35. The summed E-state index contributed by atoms with van der Waals surface area (Å²) in [4.78, 5) is 48.0. The van der Waals surface area contributed by atoms with E-state index >= 15 is 0 Å². The molecule has 0 unspecified atom stereocenters. The maximum absolute atomic E-state index is 12.7. The number of rotatable bonds is 5. The van der Waals surface area contributed by atoms with Gasteiger partial charge >= 0.3 is 6.09 Å². The Kier molecular flexibility index (Phi) is 5.91. The van der Waals surface area contributed by atoms with Crippen molar-refractivity contribution in [2.45, 2.75) is 59.6 Å². The fourth-order valence-corrected chi connectivity index (χ4v) is 2.45. The molecule has 0 saturated carbocycles. The number of Topliss-reactive ketones (excluding diaryl/α,β-unsaturated/α-hetero) is 1. The summed E-state index contributed by atoms with van der Waals surface area (Å²) in [6, 6.07) is -0.867. The number of nitrogens with one attached hydrogen (secondary N) is 2. The van der Waals surface area contributed by atoms with Crippen molar-refractivity contribution in [1.82, 2.24) is 10.6 Å². The van der Waals surface area contributed by atoms with Crippen LogP contribution in [0.15, 0.2) is 0 Å². The quantitative estimate of drug-likeness (QED) is 0.587. The Bertz CT molecular complexity index is 507. The van der Waals surface area contributed by atoms with Crippen molar-refractivity contribution >= 4 is 23.7 Å². The summed E-state index contributed by atoms with van der Waals surface area (Å²) >= 11 is 0. The zero-order valence-corrected chi connectivity index (χ0v) is 14.6. The Morgan fingerprint density at radius 2 is 1.78 bits per heavy atom. The average Bonchev–Trinajstić information content (AvgIpc) is 2.58. The van der Waals surface area contributed by atoms with Crippen molar-refractivity contribution in [3.05, 3.63) is 0 Å². The molecule has 1 heterocycles. The smallest absolute Gasteiger partial charge is 0.408 e.